The molecule has 2 aliphatic rings. The van der Waals surface area contributed by atoms with Gasteiger partial charge in [0.2, 0.25) is 0 Å². The minimum atomic E-state index is 0.220. The smallest absolute Gasteiger partial charge is 0.128 e. The summed E-state index contributed by atoms with van der Waals surface area (Å²) in [5.41, 5.74) is 1.05. The van der Waals surface area contributed by atoms with E-state index in [1.807, 2.05) is 6.92 Å². The van der Waals surface area contributed by atoms with E-state index in [1.165, 1.54) is 12.8 Å². The summed E-state index contributed by atoms with van der Waals surface area (Å²) in [6.45, 7) is 3.11. The molecule has 0 radical (unpaired) electrons. The maximum absolute atomic E-state index is 4.06. The molecule has 0 bridgehead atoms. The zero-order valence-electron chi connectivity index (χ0n) is 6.62. The fourth-order valence-corrected chi connectivity index (χ4v) is 1.65. The highest BCUT2D eigenvalue weighted by Gasteiger charge is 2.28. The molecule has 0 aromatic heterocycles. The minimum Gasteiger partial charge on any atom is -0.311 e. The van der Waals surface area contributed by atoms with Crippen molar-refractivity contribution in [1.82, 2.24) is 5.32 Å². The predicted molar refractivity (Wildman–Crippen MR) is 42.8 cm³/mol. The minimum absolute atomic E-state index is 0.220. The lowest BCUT2D eigenvalue weighted by atomic mass is 10.0. The van der Waals surface area contributed by atoms with Gasteiger partial charge in [-0.3, -0.25) is 0 Å². The van der Waals surface area contributed by atoms with Crippen molar-refractivity contribution >= 4 is 5.71 Å². The van der Waals surface area contributed by atoms with Crippen LogP contribution >= 0.6 is 0 Å². The van der Waals surface area contributed by atoms with E-state index in [2.05, 4.69) is 20.8 Å². The summed E-state index contributed by atoms with van der Waals surface area (Å²) in [5, 5.41) is 15.0. The first-order valence-electron chi connectivity index (χ1n) is 4.05. The molecule has 4 heteroatoms. The van der Waals surface area contributed by atoms with Crippen LogP contribution < -0.4 is 5.32 Å². The van der Waals surface area contributed by atoms with Crippen LogP contribution in [-0.2, 0) is 0 Å². The molecule has 0 aliphatic carbocycles. The average molecular weight is 152 g/mol. The Morgan fingerprint density at radius 2 is 2.45 bits per heavy atom. The molecule has 2 aliphatic heterocycles. The van der Waals surface area contributed by atoms with E-state index in [0.717, 1.165) is 12.3 Å². The summed E-state index contributed by atoms with van der Waals surface area (Å²) in [5.74, 6) is 0. The first-order chi connectivity index (χ1) is 5.38. The summed E-state index contributed by atoms with van der Waals surface area (Å²) in [6, 6.07) is 0.711. The van der Waals surface area contributed by atoms with Crippen LogP contribution in [0.5, 0.6) is 0 Å². The van der Waals surface area contributed by atoms with Gasteiger partial charge in [-0.1, -0.05) is 0 Å². The van der Waals surface area contributed by atoms with Gasteiger partial charge >= 0.3 is 0 Å². The molecule has 0 spiro atoms. The van der Waals surface area contributed by atoms with Gasteiger partial charge in [-0.25, -0.2) is 0 Å². The molecule has 2 heterocycles. The zero-order chi connectivity index (χ0) is 7.68. The van der Waals surface area contributed by atoms with Crippen molar-refractivity contribution in [1.29, 1.82) is 0 Å². The van der Waals surface area contributed by atoms with E-state index < -0.39 is 0 Å². The Balaban J connectivity index is 2.04. The third kappa shape index (κ3) is 1.18. The van der Waals surface area contributed by atoms with Crippen LogP contribution in [0.15, 0.2) is 15.4 Å². The first kappa shape index (κ1) is 6.91. The lowest BCUT2D eigenvalue weighted by molar-refractivity contribution is 0.560. The number of nitrogens with one attached hydrogen (secondary N) is 1. The molecule has 2 atom stereocenters. The number of hydrogen-bond donors (Lipinski definition) is 1. The predicted octanol–water partition coefficient (Wildman–Crippen LogP) is 0.949. The van der Waals surface area contributed by atoms with Crippen molar-refractivity contribution < 1.29 is 0 Å². The summed E-state index contributed by atoms with van der Waals surface area (Å²) < 4.78 is 0. The standard InChI is InChI=1S/C7H12N4/c1-5-7(10-11-9-5)6-3-2-4-8-6/h6-8H,2-4H2,1H3. The molecular weight excluding hydrogens is 140 g/mol. The normalized spacial score (nSPS) is 36.3. The van der Waals surface area contributed by atoms with E-state index in [-0.39, 0.29) is 6.04 Å². The average Bonchev–Trinajstić information content (AvgIpc) is 2.55. The highest BCUT2D eigenvalue weighted by atomic mass is 15.4. The molecule has 1 N–H and O–H groups in total. The topological polar surface area (TPSA) is 49.1 Å². The van der Waals surface area contributed by atoms with Crippen molar-refractivity contribution in [3.8, 4) is 0 Å². The van der Waals surface area contributed by atoms with Gasteiger partial charge in [0.05, 0.1) is 5.71 Å². The third-order valence-corrected chi connectivity index (χ3v) is 2.29. The van der Waals surface area contributed by atoms with Crippen LogP contribution in [0, 0.1) is 0 Å². The van der Waals surface area contributed by atoms with Crippen molar-refractivity contribution in [2.45, 2.75) is 31.8 Å². The molecule has 0 aromatic rings. The van der Waals surface area contributed by atoms with Crippen LogP contribution in [-0.4, -0.2) is 24.3 Å². The fourth-order valence-electron chi connectivity index (χ4n) is 1.65. The Morgan fingerprint density at radius 3 is 3.00 bits per heavy atom. The van der Waals surface area contributed by atoms with Gasteiger partial charge in [-0.15, -0.1) is 5.10 Å². The number of rotatable bonds is 1. The van der Waals surface area contributed by atoms with Gasteiger partial charge in [-0.2, -0.15) is 5.11 Å². The first-order valence-corrected chi connectivity index (χ1v) is 4.05. The largest absolute Gasteiger partial charge is 0.311 e. The third-order valence-electron chi connectivity index (χ3n) is 2.29. The van der Waals surface area contributed by atoms with Crippen LogP contribution in [0.25, 0.3) is 0 Å². The van der Waals surface area contributed by atoms with Crippen LogP contribution in [0.4, 0.5) is 0 Å². The molecule has 0 saturated carbocycles. The Bertz CT molecular complexity index is 202. The van der Waals surface area contributed by atoms with E-state index in [1.54, 1.807) is 0 Å². The molecule has 60 valence electrons. The zero-order valence-corrected chi connectivity index (χ0v) is 6.62. The van der Waals surface area contributed by atoms with Gasteiger partial charge in [0.1, 0.15) is 6.04 Å². The van der Waals surface area contributed by atoms with E-state index in [9.17, 15) is 0 Å². The lowest BCUT2D eigenvalue weighted by Crippen LogP contribution is -2.36. The van der Waals surface area contributed by atoms with E-state index in [4.69, 9.17) is 0 Å². The molecule has 0 amide bonds. The SMILES string of the molecule is CC1=NN=NC1C1CCCN1. The molecule has 1 fully saturated rings. The highest BCUT2D eigenvalue weighted by Crippen LogP contribution is 2.17. The second-order valence-electron chi connectivity index (χ2n) is 3.09. The molecule has 4 nitrogen and oxygen atoms in total. The maximum Gasteiger partial charge on any atom is 0.128 e. The summed E-state index contributed by atoms with van der Waals surface area (Å²) in [6.07, 6.45) is 2.46. The fraction of sp³-hybridized carbons (Fsp3) is 0.857. The monoisotopic (exact) mass is 152 g/mol. The molecule has 11 heavy (non-hydrogen) atoms. The Hall–Kier alpha value is -0.770. The highest BCUT2D eigenvalue weighted by molar-refractivity contribution is 5.88. The van der Waals surface area contributed by atoms with Gasteiger partial charge in [0.25, 0.3) is 0 Å². The summed E-state index contributed by atoms with van der Waals surface area (Å²) in [4.78, 5) is 0. The molecule has 1 saturated heterocycles. The van der Waals surface area contributed by atoms with Gasteiger partial charge < -0.3 is 5.32 Å². The molecular formula is C7H12N4. The quantitative estimate of drug-likeness (QED) is 0.597. The van der Waals surface area contributed by atoms with Gasteiger partial charge in [0.15, 0.2) is 0 Å². The van der Waals surface area contributed by atoms with Crippen LogP contribution in [0.2, 0.25) is 0 Å². The summed E-state index contributed by atoms with van der Waals surface area (Å²) >= 11 is 0. The molecule has 2 rings (SSSR count). The molecule has 2 unspecified atom stereocenters. The molecule has 0 aromatic carbocycles. The lowest BCUT2D eigenvalue weighted by Gasteiger charge is -2.13. The van der Waals surface area contributed by atoms with Crippen LogP contribution in [0.3, 0.4) is 0 Å². The second kappa shape index (κ2) is 2.70. The van der Waals surface area contributed by atoms with Crippen molar-refractivity contribution in [2.24, 2.45) is 15.4 Å². The van der Waals surface area contributed by atoms with Crippen molar-refractivity contribution in [3.63, 3.8) is 0 Å². The second-order valence-corrected chi connectivity index (χ2v) is 3.09. The van der Waals surface area contributed by atoms with Gasteiger partial charge in [-0.05, 0) is 31.5 Å². The van der Waals surface area contributed by atoms with E-state index >= 15 is 0 Å². The Labute approximate surface area is 65.8 Å². The van der Waals surface area contributed by atoms with Crippen molar-refractivity contribution in [2.75, 3.05) is 6.54 Å². The van der Waals surface area contributed by atoms with Gasteiger partial charge in [0, 0.05) is 6.04 Å². The number of hydrogen-bond acceptors (Lipinski definition) is 4. The Kier molecular flexibility index (Phi) is 1.69. The van der Waals surface area contributed by atoms with E-state index in [0.29, 0.717) is 6.04 Å². The van der Waals surface area contributed by atoms with Crippen LogP contribution in [0.1, 0.15) is 19.8 Å². The van der Waals surface area contributed by atoms with Crippen molar-refractivity contribution in [3.05, 3.63) is 0 Å². The summed E-state index contributed by atoms with van der Waals surface area (Å²) in [7, 11) is 0. The number of nitrogens with zero attached hydrogens (tertiary/aromatic N) is 3. The Morgan fingerprint density at radius 1 is 1.55 bits per heavy atom. The maximum atomic E-state index is 4.06.